The van der Waals surface area contributed by atoms with Gasteiger partial charge in [0.15, 0.2) is 0 Å². The molecule has 0 saturated heterocycles. The van der Waals surface area contributed by atoms with Crippen LogP contribution >= 0.6 is 11.6 Å². The molecule has 0 fully saturated rings. The fourth-order valence-electron chi connectivity index (χ4n) is 0.445. The molecule has 1 rings (SSSR count). The second-order valence-corrected chi connectivity index (χ2v) is 1.84. The maximum Gasteiger partial charge on any atom is 1.00 e. The van der Waals surface area contributed by atoms with Gasteiger partial charge in [-0.15, -0.1) is 0 Å². The summed E-state index contributed by atoms with van der Waals surface area (Å²) in [5.74, 6) is -0.117. The van der Waals surface area contributed by atoms with Crippen molar-refractivity contribution in [2.45, 2.75) is 0 Å². The minimum absolute atomic E-state index is 0. The molecule has 1 aromatic rings. The van der Waals surface area contributed by atoms with Crippen LogP contribution in [-0.2, 0) is 0 Å². The molecule has 0 aliphatic carbocycles. The molecule has 0 aromatic heterocycles. The van der Waals surface area contributed by atoms with Crippen molar-refractivity contribution in [2.75, 3.05) is 0 Å². The summed E-state index contributed by atoms with van der Waals surface area (Å²) < 4.78 is 0. The molecule has 122 valence electrons. The fourth-order valence-corrected chi connectivity index (χ4v) is 0.580. The van der Waals surface area contributed by atoms with E-state index in [4.69, 9.17) is 11.6 Å². The molecule has 20 N–H and O–H groups in total. The molecule has 19 heavy (non-hydrogen) atoms. The third-order valence-electron chi connectivity index (χ3n) is 0.837. The Morgan fingerprint density at radius 1 is 0.632 bits per heavy atom. The Morgan fingerprint density at radius 3 is 1.05 bits per heavy atom. The van der Waals surface area contributed by atoms with E-state index in [1.54, 1.807) is 18.2 Å². The molecule has 0 atom stereocenters. The first-order valence-corrected chi connectivity index (χ1v) is 2.60. The van der Waals surface area contributed by atoms with Crippen LogP contribution in [0.5, 0.6) is 5.75 Å². The molecular formula is C6H24ClNaO11. The Labute approximate surface area is 136 Å². The summed E-state index contributed by atoms with van der Waals surface area (Å²) >= 11 is 5.40. The second kappa shape index (κ2) is 52.1. The van der Waals surface area contributed by atoms with Gasteiger partial charge in [0, 0.05) is 5.02 Å². The summed E-state index contributed by atoms with van der Waals surface area (Å²) in [6, 6.07) is 6.39. The number of benzene rings is 1. The van der Waals surface area contributed by atoms with Crippen molar-refractivity contribution in [3.63, 3.8) is 0 Å². The molecule has 13 heteroatoms. The summed E-state index contributed by atoms with van der Waals surface area (Å²) in [4.78, 5) is 0. The number of rotatable bonds is 0. The van der Waals surface area contributed by atoms with Gasteiger partial charge in [0.05, 0.1) is 0 Å². The monoisotopic (exact) mass is 330 g/mol. The Morgan fingerprint density at radius 2 is 0.895 bits per heavy atom. The summed E-state index contributed by atoms with van der Waals surface area (Å²) in [5, 5.41) is 10.8. The van der Waals surface area contributed by atoms with E-state index in [-0.39, 0.29) is 95.1 Å². The summed E-state index contributed by atoms with van der Waals surface area (Å²) in [6.07, 6.45) is 0. The van der Waals surface area contributed by atoms with Gasteiger partial charge in [0.25, 0.3) is 0 Å². The van der Waals surface area contributed by atoms with Crippen LogP contribution < -0.4 is 34.7 Å². The molecule has 0 heterocycles. The minimum atomic E-state index is -0.117. The molecule has 0 spiro atoms. The molecular weight excluding hydrogens is 306 g/mol. The largest absolute Gasteiger partial charge is 1.00 e. The van der Waals surface area contributed by atoms with E-state index in [2.05, 4.69) is 0 Å². The zero-order valence-corrected chi connectivity index (χ0v) is 12.9. The molecule has 0 amide bonds. The first-order chi connectivity index (χ1) is 3.80. The third-order valence-corrected chi connectivity index (χ3v) is 1.15. The summed E-state index contributed by atoms with van der Waals surface area (Å²) in [7, 11) is 0. The molecule has 0 radical (unpaired) electrons. The van der Waals surface area contributed by atoms with Crippen LogP contribution in [0.25, 0.3) is 0 Å². The Kier molecular flexibility index (Phi) is 266. The van der Waals surface area contributed by atoms with Crippen molar-refractivity contribution in [1.82, 2.24) is 0 Å². The molecule has 0 aliphatic rings. The van der Waals surface area contributed by atoms with E-state index in [1.165, 1.54) is 6.07 Å². The molecule has 0 unspecified atom stereocenters. The quantitative estimate of drug-likeness (QED) is 0.410. The molecule has 0 aliphatic heterocycles. The van der Waals surface area contributed by atoms with Gasteiger partial charge in [-0.3, -0.25) is 0 Å². The summed E-state index contributed by atoms with van der Waals surface area (Å²) in [5.41, 5.74) is 0. The number of halogens is 1. The number of para-hydroxylation sites is 1. The average Bonchev–Trinajstić information content (AvgIpc) is 1.77. The van der Waals surface area contributed by atoms with Crippen LogP contribution in [0.15, 0.2) is 24.3 Å². The minimum Gasteiger partial charge on any atom is -0.871 e. The van der Waals surface area contributed by atoms with Gasteiger partial charge < -0.3 is 59.9 Å². The topological polar surface area (TPSA) is 338 Å². The number of hydrogen-bond acceptors (Lipinski definition) is 1. The zero-order chi connectivity index (χ0) is 5.98. The third kappa shape index (κ3) is 38.1. The van der Waals surface area contributed by atoms with Crippen LogP contribution in [0.3, 0.4) is 0 Å². The fraction of sp³-hybridized carbons (Fsp3) is 0. The van der Waals surface area contributed by atoms with Gasteiger partial charge in [0.1, 0.15) is 0 Å². The predicted molar refractivity (Wildman–Crippen MR) is 67.0 cm³/mol. The van der Waals surface area contributed by atoms with Crippen LogP contribution in [-0.4, -0.2) is 54.8 Å². The Hall–Kier alpha value is -0.0900. The van der Waals surface area contributed by atoms with Crippen molar-refractivity contribution in [3.05, 3.63) is 29.3 Å². The van der Waals surface area contributed by atoms with Crippen molar-refractivity contribution in [1.29, 1.82) is 0 Å². The van der Waals surface area contributed by atoms with E-state index in [0.717, 1.165) is 0 Å². The first kappa shape index (κ1) is 96.9. The molecule has 1 aromatic carbocycles. The van der Waals surface area contributed by atoms with Crippen LogP contribution in [0.4, 0.5) is 0 Å². The van der Waals surface area contributed by atoms with Gasteiger partial charge in [-0.05, 0) is 6.07 Å². The van der Waals surface area contributed by atoms with E-state index >= 15 is 0 Å². The maximum atomic E-state index is 10.5. The molecule has 0 bridgehead atoms. The van der Waals surface area contributed by atoms with Crippen molar-refractivity contribution in [3.8, 4) is 5.75 Å². The van der Waals surface area contributed by atoms with Gasteiger partial charge in [0.2, 0.25) is 0 Å². The van der Waals surface area contributed by atoms with Gasteiger partial charge in [-0.2, -0.15) is 0 Å². The van der Waals surface area contributed by atoms with Crippen LogP contribution in [0.2, 0.25) is 5.02 Å². The van der Waals surface area contributed by atoms with Gasteiger partial charge in [-0.1, -0.05) is 35.5 Å². The molecule has 0 saturated carbocycles. The van der Waals surface area contributed by atoms with Crippen LogP contribution in [0, 0.1) is 0 Å². The zero-order valence-electron chi connectivity index (χ0n) is 10.1. The van der Waals surface area contributed by atoms with Crippen molar-refractivity contribution < 1.29 is 89.4 Å². The predicted octanol–water partition coefficient (Wildman–Crippen LogP) is -9.83. The van der Waals surface area contributed by atoms with Gasteiger partial charge in [-0.25, -0.2) is 0 Å². The Balaban J connectivity index is -0.00000000646. The van der Waals surface area contributed by atoms with Crippen molar-refractivity contribution in [2.24, 2.45) is 0 Å². The molecule has 11 nitrogen and oxygen atoms in total. The van der Waals surface area contributed by atoms with E-state index in [1.807, 2.05) is 0 Å². The van der Waals surface area contributed by atoms with Crippen LogP contribution in [0.1, 0.15) is 0 Å². The van der Waals surface area contributed by atoms with Gasteiger partial charge >= 0.3 is 29.6 Å². The average molecular weight is 331 g/mol. The van der Waals surface area contributed by atoms with Crippen molar-refractivity contribution >= 4 is 11.6 Å². The van der Waals surface area contributed by atoms with E-state index in [9.17, 15) is 5.11 Å². The second-order valence-electron chi connectivity index (χ2n) is 1.43. The maximum absolute atomic E-state index is 10.5. The van der Waals surface area contributed by atoms with E-state index < -0.39 is 0 Å². The SMILES string of the molecule is O.O.O.O.O.O.O.O.O.O.[Na+].[O-]c1ccccc1Cl. The first-order valence-electron chi connectivity index (χ1n) is 2.22. The standard InChI is InChI=1S/C6H5ClO.Na.10H2O/c7-5-3-1-2-4-6(5)8;;;;;;;;;;;/h1-4,8H;;10*1H2/q;+1;;;;;;;;;;/p-1. The smallest absolute Gasteiger partial charge is 0.871 e. The Bertz CT molecular complexity index is 183. The normalized spacial score (nSPS) is 3.84. The summed E-state index contributed by atoms with van der Waals surface area (Å²) in [6.45, 7) is 0. The van der Waals surface area contributed by atoms with E-state index in [0.29, 0.717) is 0 Å². The number of hydrogen-bond donors (Lipinski definition) is 0.